The van der Waals surface area contributed by atoms with Crippen LogP contribution in [0, 0.1) is 0 Å². The van der Waals surface area contributed by atoms with Crippen LogP contribution in [0.2, 0.25) is 5.15 Å². The number of nitrogen functional groups attached to an aromatic ring is 2. The molecule has 5 rings (SSSR count). The Morgan fingerprint density at radius 2 is 1.64 bits per heavy atom. The number of benzene rings is 1. The van der Waals surface area contributed by atoms with Gasteiger partial charge in [-0.25, -0.2) is 19.1 Å². The van der Waals surface area contributed by atoms with E-state index in [-0.39, 0.29) is 58.7 Å². The van der Waals surface area contributed by atoms with Gasteiger partial charge in [0.1, 0.15) is 24.8 Å². The molecule has 0 radical (unpaired) electrons. The third-order valence-corrected chi connectivity index (χ3v) is 8.63. The van der Waals surface area contributed by atoms with Crippen LogP contribution in [-0.2, 0) is 24.4 Å². The van der Waals surface area contributed by atoms with E-state index in [1.54, 1.807) is 16.7 Å². The van der Waals surface area contributed by atoms with E-state index in [0.717, 1.165) is 11.0 Å². The Morgan fingerprint density at radius 3 is 2.16 bits per heavy atom. The number of pyridine rings is 1. The first-order valence-electron chi connectivity index (χ1n) is 16.6. The van der Waals surface area contributed by atoms with Crippen molar-refractivity contribution >= 4 is 63.6 Å². The lowest BCUT2D eigenvalue weighted by atomic mass is 10.1. The number of fused-ring (bicyclic) bond motifs is 1. The number of anilines is 3. The Bertz CT molecular complexity index is 2100. The van der Waals surface area contributed by atoms with Gasteiger partial charge in [0.15, 0.2) is 33.5 Å². The van der Waals surface area contributed by atoms with E-state index in [4.69, 9.17) is 33.0 Å². The van der Waals surface area contributed by atoms with Gasteiger partial charge in [-0.3, -0.25) is 19.4 Å². The van der Waals surface area contributed by atoms with E-state index in [2.05, 4.69) is 20.3 Å². The number of aliphatic hydroxyl groups excluding tert-OH is 1. The third kappa shape index (κ3) is 9.59. The van der Waals surface area contributed by atoms with Crippen molar-refractivity contribution in [3.05, 3.63) is 58.4 Å². The zero-order valence-electron chi connectivity index (χ0n) is 30.1. The Labute approximate surface area is 316 Å². The van der Waals surface area contributed by atoms with Crippen LogP contribution in [-0.4, -0.2) is 116 Å². The van der Waals surface area contributed by atoms with Gasteiger partial charge in [-0.05, 0) is 19.9 Å². The third-order valence-electron chi connectivity index (χ3n) is 8.36. The average Bonchev–Trinajstić information content (AvgIpc) is 3.41. The molecule has 0 spiro atoms. The predicted molar refractivity (Wildman–Crippen MR) is 190 cm³/mol. The largest absolute Gasteiger partial charge is 0.542 e. The Kier molecular flexibility index (Phi) is 12.9. The van der Waals surface area contributed by atoms with Crippen LogP contribution in [0.1, 0.15) is 50.9 Å². The number of carboxylic acid groups (broad SMARTS) is 1. The average molecular weight is 794 g/mol. The molecule has 18 nitrogen and oxygen atoms in total. The maximum absolute atomic E-state index is 14.1. The highest BCUT2D eigenvalue weighted by molar-refractivity contribution is 6.31. The first-order chi connectivity index (χ1) is 25.7. The molecule has 1 aliphatic heterocycles. The lowest BCUT2D eigenvalue weighted by molar-refractivity contribution is -0.686. The number of imidazole rings is 1. The molecule has 55 heavy (non-hydrogen) atoms. The number of carbonyl (C=O) groups excluding carboxylic acids is 4. The summed E-state index contributed by atoms with van der Waals surface area (Å²) in [6, 6.07) is 5.11. The highest BCUT2D eigenvalue weighted by Gasteiger charge is 2.32. The molecule has 0 bridgehead atoms. The fraction of sp³-hybridized carbons (Fsp3) is 0.394. The van der Waals surface area contributed by atoms with Crippen molar-refractivity contribution in [2.45, 2.75) is 45.8 Å². The molecule has 1 fully saturated rings. The number of rotatable bonds is 9. The summed E-state index contributed by atoms with van der Waals surface area (Å²) in [5.74, 6) is -3.76. The van der Waals surface area contributed by atoms with E-state index in [1.807, 2.05) is 47.2 Å². The molecule has 0 saturated carbocycles. The molecule has 3 aromatic heterocycles. The number of halogens is 4. The number of amides is 3. The minimum absolute atomic E-state index is 0.0302. The maximum Gasteiger partial charge on any atom is 0.430 e. The first kappa shape index (κ1) is 41.8. The number of aryl methyl sites for hydroxylation is 1. The van der Waals surface area contributed by atoms with Gasteiger partial charge >= 0.3 is 6.18 Å². The minimum atomic E-state index is -5.19. The van der Waals surface area contributed by atoms with Crippen molar-refractivity contribution in [3.63, 3.8) is 0 Å². The van der Waals surface area contributed by atoms with E-state index < -0.39 is 24.2 Å². The Morgan fingerprint density at radius 1 is 1.04 bits per heavy atom. The van der Waals surface area contributed by atoms with Gasteiger partial charge in [0.25, 0.3) is 23.5 Å². The standard InChI is InChI=1S/C31H38ClN11O5.C2HF3O2/c1-5-42-22-11-20(31(48)41-8-6-40(7-9-41)30(47)18-10-19(45)14-35-13-18)21(39(3)4)12-23(22)43(16-17(2)44)24(42)15-36-29(46)25-27(33)38-28(34)26(32)37-25;3-2(4,5)1(6)7/h10-14,17,44H,5-9,15-16H2,1-4H3,(H5-,33,34,36,38,45,46);(H,6,7)/t17-;/m0./s1. The molecule has 296 valence electrons. The highest BCUT2D eigenvalue weighted by atomic mass is 35.5. The molecule has 3 amide bonds. The number of piperazine rings is 1. The molecule has 22 heteroatoms. The lowest BCUT2D eigenvalue weighted by Gasteiger charge is -2.35. The monoisotopic (exact) mass is 793 g/mol. The summed E-state index contributed by atoms with van der Waals surface area (Å²) in [6.07, 6.45) is -3.26. The van der Waals surface area contributed by atoms with Gasteiger partial charge in [-0.15, -0.1) is 0 Å². The van der Waals surface area contributed by atoms with Crippen molar-refractivity contribution in [1.82, 2.24) is 34.6 Å². The minimum Gasteiger partial charge on any atom is -0.542 e. The predicted octanol–water partition coefficient (Wildman–Crippen LogP) is -0.0693. The lowest BCUT2D eigenvalue weighted by Crippen LogP contribution is -2.50. The smallest absolute Gasteiger partial charge is 0.430 e. The van der Waals surface area contributed by atoms with Crippen LogP contribution in [0.3, 0.4) is 0 Å². The van der Waals surface area contributed by atoms with Gasteiger partial charge in [0.05, 0.1) is 35.7 Å². The van der Waals surface area contributed by atoms with E-state index in [0.29, 0.717) is 49.8 Å². The number of alkyl halides is 3. The van der Waals surface area contributed by atoms with Crippen LogP contribution in [0.5, 0.6) is 5.75 Å². The fourth-order valence-corrected chi connectivity index (χ4v) is 5.96. The number of nitrogens with zero attached hydrogens (tertiary/aromatic N) is 8. The molecule has 1 aromatic carbocycles. The van der Waals surface area contributed by atoms with Crippen molar-refractivity contribution < 1.29 is 52.2 Å². The number of aliphatic hydroxyl groups is 1. The molecule has 4 heterocycles. The number of hydrogen-bond acceptors (Lipinski definition) is 13. The van der Waals surface area contributed by atoms with E-state index >= 15 is 0 Å². The second-order valence-corrected chi connectivity index (χ2v) is 12.8. The second kappa shape index (κ2) is 17.0. The summed E-state index contributed by atoms with van der Waals surface area (Å²) in [7, 11) is 3.69. The summed E-state index contributed by atoms with van der Waals surface area (Å²) < 4.78 is 35.4. The highest BCUT2D eigenvalue weighted by Crippen LogP contribution is 2.29. The SMILES string of the molecule is CCn1c(CNC(=O)c2nc(Cl)c(N)nc2N)[n+](C[C@H](C)O)c2cc(N(C)C)c(C(=O)N3CCN(C(=O)c4cncc(O)c4)CC3)cc21.O=C([O-])C(F)(F)F. The van der Waals surface area contributed by atoms with Crippen LogP contribution in [0.25, 0.3) is 11.0 Å². The Hall–Kier alpha value is -5.96. The zero-order chi connectivity index (χ0) is 40.9. The van der Waals surface area contributed by atoms with Crippen LogP contribution in [0.15, 0.2) is 30.6 Å². The van der Waals surface area contributed by atoms with Gasteiger partial charge in [0.2, 0.25) is 0 Å². The topological polar surface area (TPSA) is 253 Å². The van der Waals surface area contributed by atoms with Gasteiger partial charge in [-0.1, -0.05) is 11.6 Å². The number of carboxylic acids is 1. The van der Waals surface area contributed by atoms with Crippen molar-refractivity contribution in [2.24, 2.45) is 0 Å². The molecule has 0 aliphatic carbocycles. The van der Waals surface area contributed by atoms with E-state index in [9.17, 15) is 37.8 Å². The van der Waals surface area contributed by atoms with E-state index in [1.165, 1.54) is 18.5 Å². The number of nitrogens with two attached hydrogens (primary N) is 2. The number of nitrogens with one attached hydrogen (secondary N) is 1. The summed E-state index contributed by atoms with van der Waals surface area (Å²) in [5, 5.41) is 31.7. The molecule has 4 aromatic rings. The quantitative estimate of drug-likeness (QED) is 0.139. The van der Waals surface area contributed by atoms with Gasteiger partial charge in [0, 0.05) is 58.6 Å². The van der Waals surface area contributed by atoms with Crippen molar-refractivity contribution in [1.29, 1.82) is 0 Å². The van der Waals surface area contributed by atoms with Crippen molar-refractivity contribution in [2.75, 3.05) is 56.6 Å². The van der Waals surface area contributed by atoms with Crippen molar-refractivity contribution in [3.8, 4) is 5.75 Å². The molecule has 1 aliphatic rings. The summed E-state index contributed by atoms with van der Waals surface area (Å²) in [4.78, 5) is 65.9. The zero-order valence-corrected chi connectivity index (χ0v) is 30.8. The summed E-state index contributed by atoms with van der Waals surface area (Å²) in [5.41, 5.74) is 14.3. The number of carbonyl (C=O) groups is 4. The van der Waals surface area contributed by atoms with Crippen LogP contribution in [0.4, 0.5) is 30.5 Å². The Balaban J connectivity index is 0.000000876. The molecule has 1 saturated heterocycles. The number of aromatic hydroxyl groups is 1. The van der Waals surface area contributed by atoms with Crippen LogP contribution < -0.4 is 31.4 Å². The summed E-state index contributed by atoms with van der Waals surface area (Å²) >= 11 is 5.99. The maximum atomic E-state index is 14.1. The molecular formula is C33H39ClF3N11O7. The molecular weight excluding hydrogens is 755 g/mol. The molecule has 1 atom stereocenters. The molecule has 7 N–H and O–H groups in total. The fourth-order valence-electron chi connectivity index (χ4n) is 5.84. The first-order valence-corrected chi connectivity index (χ1v) is 16.9. The normalized spacial score (nSPS) is 13.5. The second-order valence-electron chi connectivity index (χ2n) is 12.5. The number of aliphatic carboxylic acids is 1. The van der Waals surface area contributed by atoms with Crippen LogP contribution >= 0.6 is 11.6 Å². The number of hydrogen-bond donors (Lipinski definition) is 5. The van der Waals surface area contributed by atoms with Gasteiger partial charge < -0.3 is 51.6 Å². The number of aromatic nitrogens is 5. The van der Waals surface area contributed by atoms with Gasteiger partial charge in [-0.2, -0.15) is 13.2 Å². The summed E-state index contributed by atoms with van der Waals surface area (Å²) in [6.45, 7) is 5.62. The molecule has 0 unspecified atom stereocenters.